The number of nitrogens with zero attached hydrogens (tertiary/aromatic N) is 4. The van der Waals surface area contributed by atoms with Crippen LogP contribution in [0.5, 0.6) is 11.5 Å². The number of hydrogen-bond donors (Lipinski definition) is 0. The molecular weight excluding hydrogens is 613 g/mol. The van der Waals surface area contributed by atoms with E-state index < -0.39 is 0 Å². The van der Waals surface area contributed by atoms with E-state index in [0.717, 1.165) is 78.3 Å². The number of ether oxygens (including phenoxy) is 1. The monoisotopic (exact) mass is 660 g/mol. The Morgan fingerprint density at radius 2 is 1.44 bits per heavy atom. The molecular formula is C45H48N4O. The van der Waals surface area contributed by atoms with E-state index in [1.807, 2.05) is 12.3 Å². The summed E-state index contributed by atoms with van der Waals surface area (Å²) < 4.78 is 11.1. The minimum atomic E-state index is 0.00870. The zero-order chi connectivity index (χ0) is 34.8. The molecule has 0 spiro atoms. The van der Waals surface area contributed by atoms with Crippen LogP contribution in [0.1, 0.15) is 83.3 Å². The first kappa shape index (κ1) is 33.3. The first-order chi connectivity index (χ1) is 24.3. The zero-order valence-electron chi connectivity index (χ0n) is 30.3. The molecule has 4 aromatic carbocycles. The van der Waals surface area contributed by atoms with Gasteiger partial charge in [0.25, 0.3) is 0 Å². The predicted octanol–water partition coefficient (Wildman–Crippen LogP) is 12.0. The Labute approximate surface area is 296 Å². The molecule has 0 unspecified atom stereocenters. The molecule has 3 heterocycles. The first-order valence-electron chi connectivity index (χ1n) is 18.3. The van der Waals surface area contributed by atoms with Gasteiger partial charge < -0.3 is 4.74 Å². The van der Waals surface area contributed by atoms with Crippen molar-refractivity contribution >= 4 is 21.8 Å². The Kier molecular flexibility index (Phi) is 9.33. The molecule has 5 heteroatoms. The highest BCUT2D eigenvalue weighted by atomic mass is 16.5. The maximum absolute atomic E-state index is 6.67. The lowest BCUT2D eigenvalue weighted by Crippen LogP contribution is -2.12. The fourth-order valence-corrected chi connectivity index (χ4v) is 7.16. The molecule has 0 atom stereocenters. The van der Waals surface area contributed by atoms with Gasteiger partial charge in [-0.3, -0.25) is 4.57 Å². The lowest BCUT2D eigenvalue weighted by molar-refractivity contribution is 0.482. The molecule has 0 fully saturated rings. The van der Waals surface area contributed by atoms with Crippen molar-refractivity contribution in [3.8, 4) is 34.1 Å². The molecule has 7 aromatic rings. The second-order valence-electron chi connectivity index (χ2n) is 14.4. The van der Waals surface area contributed by atoms with Crippen LogP contribution in [0.3, 0.4) is 0 Å². The van der Waals surface area contributed by atoms with Crippen LogP contribution in [0.15, 0.2) is 109 Å². The van der Waals surface area contributed by atoms with Gasteiger partial charge >= 0.3 is 0 Å². The van der Waals surface area contributed by atoms with Crippen LogP contribution in [0.25, 0.3) is 44.4 Å². The summed E-state index contributed by atoms with van der Waals surface area (Å²) in [5, 5.41) is 7.65. The Balaban J connectivity index is 1.32. The van der Waals surface area contributed by atoms with Gasteiger partial charge in [0.05, 0.1) is 28.1 Å². The topological polar surface area (TPSA) is 44.9 Å². The lowest BCUT2D eigenvalue weighted by atomic mass is 9.88. The largest absolute Gasteiger partial charge is 0.457 e. The van der Waals surface area contributed by atoms with Crippen LogP contribution in [0.4, 0.5) is 0 Å². The minimum Gasteiger partial charge on any atom is -0.457 e. The maximum atomic E-state index is 6.67. The number of pyridine rings is 1. The van der Waals surface area contributed by atoms with Crippen LogP contribution in [0, 0.1) is 0 Å². The van der Waals surface area contributed by atoms with Crippen molar-refractivity contribution in [1.82, 2.24) is 19.3 Å². The van der Waals surface area contributed by atoms with Gasteiger partial charge in [-0.2, -0.15) is 5.10 Å². The predicted molar refractivity (Wildman–Crippen MR) is 208 cm³/mol. The van der Waals surface area contributed by atoms with Crippen molar-refractivity contribution < 1.29 is 4.74 Å². The molecule has 0 amide bonds. The highest BCUT2D eigenvalue weighted by Crippen LogP contribution is 2.37. The summed E-state index contributed by atoms with van der Waals surface area (Å²) in [5.41, 5.74) is 10.7. The van der Waals surface area contributed by atoms with E-state index in [9.17, 15) is 0 Å². The van der Waals surface area contributed by atoms with E-state index in [2.05, 4.69) is 148 Å². The Hall–Kier alpha value is -5.16. The van der Waals surface area contributed by atoms with Crippen LogP contribution < -0.4 is 4.74 Å². The molecule has 0 aliphatic rings. The summed E-state index contributed by atoms with van der Waals surface area (Å²) in [6.07, 6.45) is 8.06. The van der Waals surface area contributed by atoms with E-state index >= 15 is 0 Å². The van der Waals surface area contributed by atoms with Crippen molar-refractivity contribution in [1.29, 1.82) is 0 Å². The van der Waals surface area contributed by atoms with Crippen molar-refractivity contribution in [3.63, 3.8) is 0 Å². The molecule has 0 N–H and O–H groups in total. The van der Waals surface area contributed by atoms with Gasteiger partial charge in [-0.15, -0.1) is 0 Å². The smallest absolute Gasteiger partial charge is 0.137 e. The standard InChI is InChI=1S/C45H48N4O/c1-7-14-31-21-24-40-38(27-31)37-23-22-36(30-42(37)48(40)43-28-33(25-26-46-43)45(4,5)6)50-35-20-13-19-34(29-35)49-41(16-9-3)44(39(47-49)15-8-2)32-17-11-10-12-18-32/h10-13,17-30H,7-9,14-16H2,1-6H3. The fourth-order valence-electron chi connectivity index (χ4n) is 7.16. The maximum Gasteiger partial charge on any atom is 0.137 e. The Bertz CT molecular complexity index is 2270. The molecule has 3 aromatic heterocycles. The van der Waals surface area contributed by atoms with Crippen molar-refractivity contribution in [2.45, 2.75) is 85.5 Å². The van der Waals surface area contributed by atoms with E-state index in [-0.39, 0.29) is 5.41 Å². The Morgan fingerprint density at radius 1 is 0.660 bits per heavy atom. The summed E-state index contributed by atoms with van der Waals surface area (Å²) in [5.74, 6) is 2.48. The molecule has 0 aliphatic carbocycles. The molecule has 7 rings (SSSR count). The second kappa shape index (κ2) is 14.0. The molecule has 0 saturated heterocycles. The first-order valence-corrected chi connectivity index (χ1v) is 18.3. The van der Waals surface area contributed by atoms with Crippen LogP contribution in [-0.4, -0.2) is 19.3 Å². The van der Waals surface area contributed by atoms with E-state index in [1.165, 1.54) is 38.7 Å². The van der Waals surface area contributed by atoms with Gasteiger partial charge in [-0.05, 0) is 89.9 Å². The summed E-state index contributed by atoms with van der Waals surface area (Å²) >= 11 is 0. The average Bonchev–Trinajstić information content (AvgIpc) is 3.63. The van der Waals surface area contributed by atoms with E-state index in [0.29, 0.717) is 0 Å². The number of benzene rings is 4. The van der Waals surface area contributed by atoms with Crippen molar-refractivity contribution in [2.75, 3.05) is 0 Å². The quantitative estimate of drug-likeness (QED) is 0.139. The van der Waals surface area contributed by atoms with E-state index in [1.54, 1.807) is 0 Å². The third-order valence-corrected chi connectivity index (χ3v) is 9.57. The van der Waals surface area contributed by atoms with Gasteiger partial charge in [0.1, 0.15) is 17.3 Å². The molecule has 0 aliphatic heterocycles. The summed E-state index contributed by atoms with van der Waals surface area (Å²) in [6.45, 7) is 13.4. The minimum absolute atomic E-state index is 0.00870. The zero-order valence-corrected chi connectivity index (χ0v) is 30.3. The Morgan fingerprint density at radius 3 is 2.20 bits per heavy atom. The summed E-state index contributed by atoms with van der Waals surface area (Å²) in [7, 11) is 0. The normalized spacial score (nSPS) is 11.9. The number of rotatable bonds is 11. The van der Waals surface area contributed by atoms with Gasteiger partial charge in [-0.25, -0.2) is 9.67 Å². The molecule has 0 radical (unpaired) electrons. The number of aromatic nitrogens is 4. The van der Waals surface area contributed by atoms with Gasteiger partial charge in [0.2, 0.25) is 0 Å². The fraction of sp³-hybridized carbons (Fsp3) is 0.289. The summed E-state index contributed by atoms with van der Waals surface area (Å²) in [4.78, 5) is 4.89. The third-order valence-electron chi connectivity index (χ3n) is 9.57. The molecule has 50 heavy (non-hydrogen) atoms. The highest BCUT2D eigenvalue weighted by Gasteiger charge is 2.21. The highest BCUT2D eigenvalue weighted by molar-refractivity contribution is 6.09. The SMILES string of the molecule is CCCc1ccc2c(c1)c1ccc(Oc3cccc(-n4nc(CCC)c(-c5ccccc5)c4CCC)c3)cc1n2-c1cc(C(C)(C)C)ccn1. The molecule has 5 nitrogen and oxygen atoms in total. The number of hydrogen-bond acceptors (Lipinski definition) is 3. The second-order valence-corrected chi connectivity index (χ2v) is 14.4. The van der Waals surface area contributed by atoms with Gasteiger partial charge in [0, 0.05) is 34.7 Å². The molecule has 254 valence electrons. The lowest BCUT2D eigenvalue weighted by Gasteiger charge is -2.20. The number of aryl methyl sites for hydroxylation is 2. The van der Waals surface area contributed by atoms with Crippen LogP contribution in [-0.2, 0) is 24.7 Å². The van der Waals surface area contributed by atoms with Crippen LogP contribution in [0.2, 0.25) is 0 Å². The number of fused-ring (bicyclic) bond motifs is 3. The van der Waals surface area contributed by atoms with E-state index in [4.69, 9.17) is 14.8 Å². The average molecular weight is 661 g/mol. The molecule has 0 saturated carbocycles. The molecule has 0 bridgehead atoms. The summed E-state index contributed by atoms with van der Waals surface area (Å²) in [6, 6.07) is 36.7. The third kappa shape index (κ3) is 6.45. The van der Waals surface area contributed by atoms with Gasteiger partial charge in [-0.1, -0.05) is 103 Å². The van der Waals surface area contributed by atoms with Crippen LogP contribution >= 0.6 is 0 Å². The van der Waals surface area contributed by atoms with Gasteiger partial charge in [0.15, 0.2) is 0 Å². The van der Waals surface area contributed by atoms with Crippen molar-refractivity contribution in [3.05, 3.63) is 132 Å². The van der Waals surface area contributed by atoms with Crippen molar-refractivity contribution in [2.24, 2.45) is 0 Å².